The van der Waals surface area contributed by atoms with Gasteiger partial charge in [-0.25, -0.2) is 10.8 Å². The van der Waals surface area contributed by atoms with E-state index in [-0.39, 0.29) is 11.1 Å². The van der Waals surface area contributed by atoms with Crippen LogP contribution in [0.2, 0.25) is 5.15 Å². The van der Waals surface area contributed by atoms with Gasteiger partial charge in [0.2, 0.25) is 0 Å². The minimum atomic E-state index is -0.834. The van der Waals surface area contributed by atoms with E-state index < -0.39 is 5.60 Å². The summed E-state index contributed by atoms with van der Waals surface area (Å²) in [5, 5.41) is 10.2. The number of piperidine rings is 1. The Bertz CT molecular complexity index is 493. The van der Waals surface area contributed by atoms with E-state index in [1.165, 1.54) is 12.1 Å². The number of rotatable bonds is 2. The predicted octanol–water partition coefficient (Wildman–Crippen LogP) is 1.01. The summed E-state index contributed by atoms with van der Waals surface area (Å²) in [6.45, 7) is 2.68. The minimum absolute atomic E-state index is 0.180. The number of nitrogens with two attached hydrogens (primary N) is 1. The van der Waals surface area contributed by atoms with Gasteiger partial charge in [0.1, 0.15) is 11.0 Å². The molecule has 1 aliphatic rings. The average molecular weight is 285 g/mol. The molecule has 19 heavy (non-hydrogen) atoms. The Labute approximate surface area is 116 Å². The molecular weight excluding hydrogens is 268 g/mol. The fourth-order valence-electron chi connectivity index (χ4n) is 2.27. The highest BCUT2D eigenvalue weighted by Gasteiger charge is 2.31. The molecular formula is C12H17ClN4O2. The number of hydrogen-bond donors (Lipinski definition) is 3. The van der Waals surface area contributed by atoms with Gasteiger partial charge < -0.3 is 15.4 Å². The zero-order valence-corrected chi connectivity index (χ0v) is 11.4. The van der Waals surface area contributed by atoms with Crippen molar-refractivity contribution in [3.05, 3.63) is 22.8 Å². The van der Waals surface area contributed by atoms with Crippen LogP contribution >= 0.6 is 11.6 Å². The molecule has 0 aromatic carbocycles. The number of hydrogen-bond acceptors (Lipinski definition) is 5. The van der Waals surface area contributed by atoms with Gasteiger partial charge in [-0.2, -0.15) is 0 Å². The molecule has 1 aliphatic heterocycles. The molecule has 104 valence electrons. The lowest BCUT2D eigenvalue weighted by Crippen LogP contribution is -2.48. The molecule has 1 atom stereocenters. The Balaban J connectivity index is 2.21. The summed E-state index contributed by atoms with van der Waals surface area (Å²) in [4.78, 5) is 17.9. The molecule has 1 amide bonds. The zero-order chi connectivity index (χ0) is 14.0. The molecule has 1 fully saturated rings. The maximum absolute atomic E-state index is 12.4. The monoisotopic (exact) mass is 284 g/mol. The fourth-order valence-corrected chi connectivity index (χ4v) is 2.48. The van der Waals surface area contributed by atoms with Gasteiger partial charge >= 0.3 is 0 Å². The Morgan fingerprint density at radius 1 is 1.63 bits per heavy atom. The van der Waals surface area contributed by atoms with Crippen LogP contribution in [0, 0.1) is 0 Å². The van der Waals surface area contributed by atoms with Gasteiger partial charge in [0.15, 0.2) is 0 Å². The summed E-state index contributed by atoms with van der Waals surface area (Å²) in [6, 6.07) is 3.03. The molecule has 1 saturated heterocycles. The molecule has 1 aromatic rings. The van der Waals surface area contributed by atoms with Crippen LogP contribution in [0.4, 0.5) is 5.82 Å². The number of aromatic nitrogens is 1. The quantitative estimate of drug-likeness (QED) is 0.428. The first kappa shape index (κ1) is 14.0. The molecule has 2 rings (SSSR count). The summed E-state index contributed by atoms with van der Waals surface area (Å²) in [5.74, 6) is 5.43. The van der Waals surface area contributed by atoms with Gasteiger partial charge in [-0.1, -0.05) is 11.6 Å². The van der Waals surface area contributed by atoms with Gasteiger partial charge in [-0.3, -0.25) is 4.79 Å². The second-order valence-corrected chi connectivity index (χ2v) is 5.42. The van der Waals surface area contributed by atoms with Crippen molar-refractivity contribution in [1.29, 1.82) is 0 Å². The van der Waals surface area contributed by atoms with Gasteiger partial charge in [-0.05, 0) is 31.9 Å². The highest BCUT2D eigenvalue weighted by atomic mass is 35.5. The van der Waals surface area contributed by atoms with Crippen LogP contribution in [0.3, 0.4) is 0 Å². The van der Waals surface area contributed by atoms with Crippen molar-refractivity contribution in [2.24, 2.45) is 5.84 Å². The molecule has 1 aromatic heterocycles. The lowest BCUT2D eigenvalue weighted by atomic mass is 9.95. The van der Waals surface area contributed by atoms with E-state index in [4.69, 9.17) is 17.4 Å². The molecule has 0 spiro atoms. The summed E-state index contributed by atoms with van der Waals surface area (Å²) in [5.41, 5.74) is 1.94. The van der Waals surface area contributed by atoms with Crippen molar-refractivity contribution in [3.8, 4) is 0 Å². The smallest absolute Gasteiger partial charge is 0.254 e. The molecule has 0 radical (unpaired) electrons. The normalized spacial score (nSPS) is 23.3. The van der Waals surface area contributed by atoms with Crippen LogP contribution in [0.5, 0.6) is 0 Å². The van der Waals surface area contributed by atoms with Crippen molar-refractivity contribution in [1.82, 2.24) is 9.88 Å². The Morgan fingerprint density at radius 3 is 3.00 bits per heavy atom. The third kappa shape index (κ3) is 3.34. The standard InChI is InChI=1S/C12H17ClN4O2/c1-12(19)3-2-4-17(7-12)11(18)8-5-9(13)15-10(6-8)16-14/h5-6,19H,2-4,7,14H2,1H3,(H,15,16). The third-order valence-electron chi connectivity index (χ3n) is 3.15. The number of anilines is 1. The van der Waals surface area contributed by atoms with E-state index in [9.17, 15) is 9.90 Å². The lowest BCUT2D eigenvalue weighted by molar-refractivity contribution is -0.0107. The maximum atomic E-state index is 12.4. The summed E-state index contributed by atoms with van der Waals surface area (Å²) >= 11 is 5.84. The predicted molar refractivity (Wildman–Crippen MR) is 72.8 cm³/mol. The van der Waals surface area contributed by atoms with Crippen molar-refractivity contribution >= 4 is 23.3 Å². The number of nitrogens with zero attached hydrogens (tertiary/aromatic N) is 2. The number of amides is 1. The molecule has 4 N–H and O–H groups in total. The Hall–Kier alpha value is -1.37. The molecule has 7 heteroatoms. The second kappa shape index (κ2) is 5.32. The van der Waals surface area contributed by atoms with E-state index in [2.05, 4.69) is 10.4 Å². The number of nitrogen functional groups attached to an aromatic ring is 1. The van der Waals surface area contributed by atoms with E-state index in [1.54, 1.807) is 11.8 Å². The highest BCUT2D eigenvalue weighted by molar-refractivity contribution is 6.29. The first-order valence-electron chi connectivity index (χ1n) is 6.07. The van der Waals surface area contributed by atoms with Crippen molar-refractivity contribution in [3.63, 3.8) is 0 Å². The number of hydrazine groups is 1. The molecule has 0 saturated carbocycles. The molecule has 0 bridgehead atoms. The van der Waals surface area contributed by atoms with Gasteiger partial charge in [-0.15, -0.1) is 0 Å². The number of carbonyl (C=O) groups is 1. The Morgan fingerprint density at radius 2 is 2.37 bits per heavy atom. The number of likely N-dealkylation sites (tertiary alicyclic amines) is 1. The van der Waals surface area contributed by atoms with Crippen molar-refractivity contribution in [2.75, 3.05) is 18.5 Å². The molecule has 2 heterocycles. The molecule has 6 nitrogen and oxygen atoms in total. The SMILES string of the molecule is CC1(O)CCCN(C(=O)c2cc(Cl)nc(NN)c2)C1. The number of aliphatic hydroxyl groups is 1. The van der Waals surface area contributed by atoms with Crippen LogP contribution in [-0.4, -0.2) is 39.6 Å². The highest BCUT2D eigenvalue weighted by Crippen LogP contribution is 2.23. The Kier molecular flexibility index (Phi) is 3.93. The van der Waals surface area contributed by atoms with Gasteiger partial charge in [0, 0.05) is 18.7 Å². The molecule has 0 aliphatic carbocycles. The van der Waals surface area contributed by atoms with E-state index in [0.717, 1.165) is 6.42 Å². The second-order valence-electron chi connectivity index (χ2n) is 5.04. The number of halogens is 1. The zero-order valence-electron chi connectivity index (χ0n) is 10.7. The van der Waals surface area contributed by atoms with Crippen LogP contribution in [0.1, 0.15) is 30.1 Å². The number of pyridine rings is 1. The van der Waals surface area contributed by atoms with Gasteiger partial charge in [0.05, 0.1) is 5.60 Å². The fraction of sp³-hybridized carbons (Fsp3) is 0.500. The van der Waals surface area contributed by atoms with E-state index in [1.807, 2.05) is 0 Å². The largest absolute Gasteiger partial charge is 0.388 e. The first-order valence-corrected chi connectivity index (χ1v) is 6.45. The van der Waals surface area contributed by atoms with Crippen LogP contribution in [0.25, 0.3) is 0 Å². The molecule has 1 unspecified atom stereocenters. The third-order valence-corrected chi connectivity index (χ3v) is 3.34. The number of carbonyl (C=O) groups excluding carboxylic acids is 1. The lowest BCUT2D eigenvalue weighted by Gasteiger charge is -2.36. The number of β-amino-alcohol motifs (C(OH)–C–C–N with tert-alkyl or cyclic N) is 1. The average Bonchev–Trinajstić information content (AvgIpc) is 2.35. The van der Waals surface area contributed by atoms with E-state index >= 15 is 0 Å². The maximum Gasteiger partial charge on any atom is 0.254 e. The van der Waals surface area contributed by atoms with Crippen LogP contribution in [-0.2, 0) is 0 Å². The van der Waals surface area contributed by atoms with Crippen LogP contribution < -0.4 is 11.3 Å². The van der Waals surface area contributed by atoms with Crippen molar-refractivity contribution in [2.45, 2.75) is 25.4 Å². The van der Waals surface area contributed by atoms with Gasteiger partial charge in [0.25, 0.3) is 5.91 Å². The van der Waals surface area contributed by atoms with Crippen LogP contribution in [0.15, 0.2) is 12.1 Å². The number of nitrogens with one attached hydrogen (secondary N) is 1. The summed E-state index contributed by atoms with van der Waals surface area (Å²) in [7, 11) is 0. The minimum Gasteiger partial charge on any atom is -0.388 e. The van der Waals surface area contributed by atoms with Crippen molar-refractivity contribution < 1.29 is 9.90 Å². The summed E-state index contributed by atoms with van der Waals surface area (Å²) < 4.78 is 0. The first-order chi connectivity index (χ1) is 8.91. The van der Waals surface area contributed by atoms with E-state index in [0.29, 0.717) is 30.9 Å². The summed E-state index contributed by atoms with van der Waals surface area (Å²) in [6.07, 6.45) is 1.48. The topological polar surface area (TPSA) is 91.5 Å².